The van der Waals surface area contributed by atoms with Crippen LogP contribution in [-0.2, 0) is 9.59 Å². The van der Waals surface area contributed by atoms with Crippen LogP contribution in [0.5, 0.6) is 11.5 Å². The summed E-state index contributed by atoms with van der Waals surface area (Å²) in [5, 5.41) is 11.9. The molecule has 6 heteroatoms. The van der Waals surface area contributed by atoms with E-state index >= 15 is 0 Å². The van der Waals surface area contributed by atoms with Crippen molar-refractivity contribution < 1.29 is 24.2 Å². The maximum Gasteiger partial charge on any atom is 0.306 e. The maximum atomic E-state index is 12.4. The molecule has 2 unspecified atom stereocenters. The molecule has 4 atom stereocenters. The van der Waals surface area contributed by atoms with E-state index in [1.807, 2.05) is 12.1 Å². The van der Waals surface area contributed by atoms with E-state index in [0.29, 0.717) is 30.8 Å². The molecule has 22 heavy (non-hydrogen) atoms. The first-order valence-corrected chi connectivity index (χ1v) is 7.50. The summed E-state index contributed by atoms with van der Waals surface area (Å²) >= 11 is 0. The Bertz CT molecular complexity index is 588. The van der Waals surface area contributed by atoms with Gasteiger partial charge < -0.3 is 19.9 Å². The molecular weight excluding hydrogens is 286 g/mol. The molecule has 0 radical (unpaired) electrons. The SMILES string of the molecule is CC1Oc2ccccc2OC1C(=O)N[C@H]1CC[C@@H](C(=O)O)C1. The van der Waals surface area contributed by atoms with Crippen molar-refractivity contribution in [1.29, 1.82) is 0 Å². The van der Waals surface area contributed by atoms with Crippen molar-refractivity contribution in [2.75, 3.05) is 0 Å². The number of rotatable bonds is 3. The molecule has 1 saturated carbocycles. The minimum absolute atomic E-state index is 0.110. The summed E-state index contributed by atoms with van der Waals surface area (Å²) in [6, 6.07) is 7.12. The zero-order valence-corrected chi connectivity index (χ0v) is 12.3. The molecule has 1 amide bonds. The highest BCUT2D eigenvalue weighted by molar-refractivity contribution is 5.82. The number of amides is 1. The first-order valence-electron chi connectivity index (χ1n) is 7.50. The summed E-state index contributed by atoms with van der Waals surface area (Å²) in [4.78, 5) is 23.4. The molecule has 1 aromatic rings. The summed E-state index contributed by atoms with van der Waals surface area (Å²) in [7, 11) is 0. The van der Waals surface area contributed by atoms with Crippen molar-refractivity contribution in [3.05, 3.63) is 24.3 Å². The molecule has 1 aromatic carbocycles. The van der Waals surface area contributed by atoms with Gasteiger partial charge in [-0.05, 0) is 38.3 Å². The smallest absolute Gasteiger partial charge is 0.306 e. The number of hydrogen-bond acceptors (Lipinski definition) is 4. The van der Waals surface area contributed by atoms with E-state index in [0.717, 1.165) is 0 Å². The van der Waals surface area contributed by atoms with E-state index in [1.54, 1.807) is 19.1 Å². The Kier molecular flexibility index (Phi) is 3.92. The van der Waals surface area contributed by atoms with Crippen LogP contribution in [-0.4, -0.2) is 35.2 Å². The average Bonchev–Trinajstić information content (AvgIpc) is 2.95. The fourth-order valence-corrected chi connectivity index (χ4v) is 3.03. The van der Waals surface area contributed by atoms with Crippen LogP contribution in [0.3, 0.4) is 0 Å². The van der Waals surface area contributed by atoms with Gasteiger partial charge in [0, 0.05) is 6.04 Å². The molecule has 0 saturated heterocycles. The second-order valence-corrected chi connectivity index (χ2v) is 5.86. The largest absolute Gasteiger partial charge is 0.482 e. The molecule has 0 spiro atoms. The topological polar surface area (TPSA) is 84.9 Å². The van der Waals surface area contributed by atoms with Crippen molar-refractivity contribution in [2.24, 2.45) is 5.92 Å². The molecule has 0 aromatic heterocycles. The molecule has 2 aliphatic rings. The first-order chi connectivity index (χ1) is 10.5. The molecular formula is C16H19NO5. The quantitative estimate of drug-likeness (QED) is 0.885. The minimum atomic E-state index is -0.795. The first kappa shape index (κ1) is 14.7. The zero-order valence-electron chi connectivity index (χ0n) is 12.3. The highest BCUT2D eigenvalue weighted by Gasteiger charge is 2.37. The van der Waals surface area contributed by atoms with Crippen LogP contribution < -0.4 is 14.8 Å². The van der Waals surface area contributed by atoms with Crippen LogP contribution in [0.2, 0.25) is 0 Å². The third-order valence-corrected chi connectivity index (χ3v) is 4.23. The monoisotopic (exact) mass is 305 g/mol. The Balaban J connectivity index is 1.62. The molecule has 3 rings (SSSR count). The van der Waals surface area contributed by atoms with Gasteiger partial charge in [-0.15, -0.1) is 0 Å². The number of ether oxygens (including phenoxy) is 2. The standard InChI is InChI=1S/C16H19NO5/c1-9-14(22-13-5-3-2-4-12(13)21-9)15(18)17-11-7-6-10(8-11)16(19)20/h2-5,9-11,14H,6-8H2,1H3,(H,17,18)(H,19,20)/t9?,10-,11+,14?/m1/s1. The molecule has 1 heterocycles. The number of carboxylic acids is 1. The number of benzene rings is 1. The number of carboxylic acid groups (broad SMARTS) is 1. The number of para-hydroxylation sites is 2. The molecule has 2 N–H and O–H groups in total. The van der Waals surface area contributed by atoms with E-state index in [-0.39, 0.29) is 17.9 Å². The van der Waals surface area contributed by atoms with Gasteiger partial charge in [-0.3, -0.25) is 9.59 Å². The third kappa shape index (κ3) is 2.86. The average molecular weight is 305 g/mol. The Labute approximate surface area is 128 Å². The molecule has 1 aliphatic heterocycles. The fourth-order valence-electron chi connectivity index (χ4n) is 3.03. The van der Waals surface area contributed by atoms with Crippen molar-refractivity contribution in [1.82, 2.24) is 5.32 Å². The summed E-state index contributed by atoms with van der Waals surface area (Å²) in [5.41, 5.74) is 0. The number of carbonyl (C=O) groups is 2. The normalized spacial score (nSPS) is 29.9. The van der Waals surface area contributed by atoms with E-state index < -0.39 is 18.2 Å². The van der Waals surface area contributed by atoms with Crippen molar-refractivity contribution in [2.45, 2.75) is 44.4 Å². The number of nitrogens with one attached hydrogen (secondary N) is 1. The van der Waals surface area contributed by atoms with Gasteiger partial charge in [0.25, 0.3) is 5.91 Å². The Hall–Kier alpha value is -2.24. The lowest BCUT2D eigenvalue weighted by Crippen LogP contribution is -2.51. The van der Waals surface area contributed by atoms with Crippen LogP contribution in [0.15, 0.2) is 24.3 Å². The Morgan fingerprint density at radius 1 is 1.18 bits per heavy atom. The van der Waals surface area contributed by atoms with Crippen LogP contribution in [0.4, 0.5) is 0 Å². The number of hydrogen-bond donors (Lipinski definition) is 2. The predicted molar refractivity (Wildman–Crippen MR) is 77.9 cm³/mol. The lowest BCUT2D eigenvalue weighted by Gasteiger charge is -2.31. The van der Waals surface area contributed by atoms with E-state index in [1.165, 1.54) is 0 Å². The second-order valence-electron chi connectivity index (χ2n) is 5.86. The second kappa shape index (κ2) is 5.87. The Morgan fingerprint density at radius 2 is 1.86 bits per heavy atom. The van der Waals surface area contributed by atoms with Crippen LogP contribution in [0, 0.1) is 5.92 Å². The van der Waals surface area contributed by atoms with Crippen molar-refractivity contribution >= 4 is 11.9 Å². The van der Waals surface area contributed by atoms with Crippen LogP contribution in [0.25, 0.3) is 0 Å². The molecule has 1 aliphatic carbocycles. The molecule has 6 nitrogen and oxygen atoms in total. The van der Waals surface area contributed by atoms with Crippen LogP contribution >= 0.6 is 0 Å². The number of aliphatic carboxylic acids is 1. The van der Waals surface area contributed by atoms with Gasteiger partial charge in [0.1, 0.15) is 6.10 Å². The van der Waals surface area contributed by atoms with E-state index in [9.17, 15) is 9.59 Å². The summed E-state index contributed by atoms with van der Waals surface area (Å²) in [6.07, 6.45) is 0.632. The zero-order chi connectivity index (χ0) is 15.7. The molecule has 118 valence electrons. The van der Waals surface area contributed by atoms with Gasteiger partial charge in [0.15, 0.2) is 11.5 Å². The summed E-state index contributed by atoms with van der Waals surface area (Å²) in [6.45, 7) is 1.79. The van der Waals surface area contributed by atoms with E-state index in [2.05, 4.69) is 5.32 Å². The predicted octanol–water partition coefficient (Wildman–Crippen LogP) is 1.58. The van der Waals surface area contributed by atoms with Gasteiger partial charge in [-0.2, -0.15) is 0 Å². The van der Waals surface area contributed by atoms with Crippen molar-refractivity contribution in [3.8, 4) is 11.5 Å². The lowest BCUT2D eigenvalue weighted by atomic mass is 10.1. The number of carbonyl (C=O) groups excluding carboxylic acids is 1. The fraction of sp³-hybridized carbons (Fsp3) is 0.500. The lowest BCUT2D eigenvalue weighted by molar-refractivity contribution is -0.142. The summed E-state index contributed by atoms with van der Waals surface area (Å²) in [5.74, 6) is -0.234. The third-order valence-electron chi connectivity index (χ3n) is 4.23. The van der Waals surface area contributed by atoms with Gasteiger partial charge in [0.05, 0.1) is 5.92 Å². The van der Waals surface area contributed by atoms with Gasteiger partial charge >= 0.3 is 5.97 Å². The Morgan fingerprint density at radius 3 is 2.50 bits per heavy atom. The molecule has 0 bridgehead atoms. The van der Waals surface area contributed by atoms with Gasteiger partial charge in [0.2, 0.25) is 6.10 Å². The number of fused-ring (bicyclic) bond motifs is 1. The van der Waals surface area contributed by atoms with Gasteiger partial charge in [-0.25, -0.2) is 0 Å². The highest BCUT2D eigenvalue weighted by Crippen LogP contribution is 2.33. The minimum Gasteiger partial charge on any atom is -0.482 e. The highest BCUT2D eigenvalue weighted by atomic mass is 16.6. The van der Waals surface area contributed by atoms with Crippen LogP contribution in [0.1, 0.15) is 26.2 Å². The molecule has 1 fully saturated rings. The van der Waals surface area contributed by atoms with Crippen molar-refractivity contribution in [3.63, 3.8) is 0 Å². The summed E-state index contributed by atoms with van der Waals surface area (Å²) < 4.78 is 11.4. The van der Waals surface area contributed by atoms with Gasteiger partial charge in [-0.1, -0.05) is 12.1 Å². The van der Waals surface area contributed by atoms with E-state index in [4.69, 9.17) is 14.6 Å². The maximum absolute atomic E-state index is 12.4.